The van der Waals surface area contributed by atoms with E-state index >= 15 is 0 Å². The summed E-state index contributed by atoms with van der Waals surface area (Å²) in [7, 11) is -6.09. The zero-order valence-electron chi connectivity index (χ0n) is 18.0. The van der Waals surface area contributed by atoms with Crippen molar-refractivity contribution < 1.29 is 30.7 Å². The first-order valence-corrected chi connectivity index (χ1v) is 11.8. The molecule has 4 nitrogen and oxygen atoms in total. The number of pyridine rings is 1. The zero-order valence-corrected chi connectivity index (χ0v) is 18.8. The van der Waals surface area contributed by atoms with Crippen LogP contribution in [0, 0.1) is 0 Å². The van der Waals surface area contributed by atoms with Crippen LogP contribution in [0.3, 0.4) is 0 Å². The van der Waals surface area contributed by atoms with Crippen LogP contribution in [0.4, 0.5) is 13.2 Å². The van der Waals surface area contributed by atoms with Crippen molar-refractivity contribution in [3.8, 4) is 0 Å². The van der Waals surface area contributed by atoms with Gasteiger partial charge >= 0.3 is 5.51 Å². The third-order valence-electron chi connectivity index (χ3n) is 4.99. The van der Waals surface area contributed by atoms with Crippen LogP contribution in [-0.4, -0.2) is 18.5 Å². The Balaban J connectivity index is 0.000000350. The van der Waals surface area contributed by atoms with Crippen LogP contribution in [-0.2, 0) is 10.1 Å². The van der Waals surface area contributed by atoms with Gasteiger partial charge in [0, 0.05) is 18.6 Å². The molecule has 0 saturated heterocycles. The molecule has 3 aromatic rings. The molecule has 1 atom stereocenters. The molecule has 34 heavy (non-hydrogen) atoms. The van der Waals surface area contributed by atoms with E-state index in [0.29, 0.717) is 6.04 Å². The first-order chi connectivity index (χ1) is 16.2. The molecule has 0 saturated carbocycles. The smallest absolute Gasteiger partial charge is 0.485 e. The average molecular weight is 486 g/mol. The van der Waals surface area contributed by atoms with Crippen LogP contribution < -0.4 is 4.57 Å². The third-order valence-corrected chi connectivity index (χ3v) is 5.56. The lowest BCUT2D eigenvalue weighted by Crippen LogP contribution is -2.36. The highest BCUT2D eigenvalue weighted by molar-refractivity contribution is 7.86. The first-order valence-electron chi connectivity index (χ1n) is 10.3. The summed E-state index contributed by atoms with van der Waals surface area (Å²) in [5, 5.41) is 0. The lowest BCUT2D eigenvalue weighted by atomic mass is 9.92. The predicted octanol–water partition coefficient (Wildman–Crippen LogP) is 5.58. The summed E-state index contributed by atoms with van der Waals surface area (Å²) in [4.78, 5) is 0. The van der Waals surface area contributed by atoms with Crippen LogP contribution in [0.15, 0.2) is 121 Å². The molecule has 0 N–H and O–H groups in total. The Morgan fingerprint density at radius 1 is 0.824 bits per heavy atom. The highest BCUT2D eigenvalue weighted by Crippen LogP contribution is 2.30. The quantitative estimate of drug-likeness (QED) is 0.276. The van der Waals surface area contributed by atoms with E-state index in [1.165, 1.54) is 22.3 Å². The van der Waals surface area contributed by atoms with Gasteiger partial charge in [0.1, 0.15) is 0 Å². The normalized spacial score (nSPS) is 15.8. The molecular weight excluding hydrogens is 463 g/mol. The van der Waals surface area contributed by atoms with Crippen molar-refractivity contribution in [2.75, 3.05) is 0 Å². The molecule has 1 heterocycles. The molecule has 0 bridgehead atoms. The molecule has 176 valence electrons. The van der Waals surface area contributed by atoms with Crippen molar-refractivity contribution in [3.05, 3.63) is 132 Å². The SMILES string of the molecule is C1=CC(=C(c2ccccc2)c2ccccc2)C=CC([n+]2ccccc2)C1.O=S(=O)([O-])C(F)(F)F. The standard InChI is InChI=1S/C25H22N.CHF3O3S/c1-4-11-21(12-5-1)25(22-13-6-2-7-14-22)23-15-10-16-24(18-17-23)26-19-8-3-9-20-26;2-1(3,4)8(5,6)7/h1-15,17-20,24H,16H2;(H,5,6,7)/q+1;/p-1. The molecular formula is C26H22F3NO3S. The molecule has 1 aromatic heterocycles. The number of benzene rings is 2. The van der Waals surface area contributed by atoms with Crippen LogP contribution in [0.1, 0.15) is 23.6 Å². The molecule has 0 amide bonds. The van der Waals surface area contributed by atoms with Crippen molar-refractivity contribution in [1.82, 2.24) is 0 Å². The van der Waals surface area contributed by atoms with Gasteiger partial charge in [-0.05, 0) is 28.3 Å². The van der Waals surface area contributed by atoms with Gasteiger partial charge in [-0.2, -0.15) is 17.7 Å². The van der Waals surface area contributed by atoms with Gasteiger partial charge in [-0.25, -0.2) is 8.42 Å². The Morgan fingerprint density at radius 3 is 1.76 bits per heavy atom. The third kappa shape index (κ3) is 6.76. The Hall–Kier alpha value is -3.49. The Labute approximate surface area is 196 Å². The van der Waals surface area contributed by atoms with E-state index in [9.17, 15) is 13.2 Å². The maximum Gasteiger partial charge on any atom is 0.485 e. The van der Waals surface area contributed by atoms with Crippen molar-refractivity contribution in [3.63, 3.8) is 0 Å². The predicted molar refractivity (Wildman–Crippen MR) is 123 cm³/mol. The molecule has 1 aliphatic carbocycles. The fourth-order valence-corrected chi connectivity index (χ4v) is 3.41. The second kappa shape index (κ2) is 11.1. The lowest BCUT2D eigenvalue weighted by molar-refractivity contribution is -0.711. The van der Waals surface area contributed by atoms with Gasteiger partial charge in [-0.15, -0.1) is 0 Å². The van der Waals surface area contributed by atoms with Crippen molar-refractivity contribution in [2.45, 2.75) is 18.0 Å². The summed E-state index contributed by atoms with van der Waals surface area (Å²) in [6.45, 7) is 0. The van der Waals surface area contributed by atoms with E-state index in [-0.39, 0.29) is 0 Å². The summed E-state index contributed by atoms with van der Waals surface area (Å²) in [6.07, 6.45) is 14.4. The number of halogens is 3. The van der Waals surface area contributed by atoms with Crippen molar-refractivity contribution in [1.29, 1.82) is 0 Å². The Bertz CT molecular complexity index is 1230. The lowest BCUT2D eigenvalue weighted by Gasteiger charge is -2.11. The summed E-state index contributed by atoms with van der Waals surface area (Å²) in [6, 6.07) is 27.9. The van der Waals surface area contributed by atoms with E-state index < -0.39 is 15.6 Å². The minimum atomic E-state index is -6.09. The molecule has 0 radical (unpaired) electrons. The number of alkyl halides is 3. The van der Waals surface area contributed by atoms with Gasteiger partial charge < -0.3 is 4.55 Å². The minimum Gasteiger partial charge on any atom is -0.741 e. The maximum atomic E-state index is 10.7. The summed E-state index contributed by atoms with van der Waals surface area (Å²) in [5.74, 6) is 0. The van der Waals surface area contributed by atoms with E-state index in [1.807, 2.05) is 0 Å². The molecule has 1 aliphatic rings. The molecule has 0 fully saturated rings. The molecule has 0 aliphatic heterocycles. The van der Waals surface area contributed by atoms with Gasteiger partial charge in [0.25, 0.3) is 0 Å². The Kier molecular flexibility index (Phi) is 8.20. The van der Waals surface area contributed by atoms with Gasteiger partial charge in [-0.3, -0.25) is 0 Å². The number of hydrogen-bond donors (Lipinski definition) is 0. The van der Waals surface area contributed by atoms with Crippen LogP contribution in [0.2, 0.25) is 0 Å². The summed E-state index contributed by atoms with van der Waals surface area (Å²) in [5.41, 5.74) is -0.631. The number of hydrogen-bond acceptors (Lipinski definition) is 3. The van der Waals surface area contributed by atoms with Gasteiger partial charge in [0.15, 0.2) is 28.6 Å². The maximum absolute atomic E-state index is 10.7. The fourth-order valence-electron chi connectivity index (χ4n) is 3.41. The van der Waals surface area contributed by atoms with Gasteiger partial charge in [-0.1, -0.05) is 85.0 Å². The molecule has 1 unspecified atom stereocenters. The minimum absolute atomic E-state index is 0.345. The number of rotatable bonds is 3. The number of nitrogens with zero attached hydrogens (tertiary/aromatic N) is 1. The van der Waals surface area contributed by atoms with Crippen molar-refractivity contribution in [2.24, 2.45) is 0 Å². The van der Waals surface area contributed by atoms with E-state index in [2.05, 4.69) is 120 Å². The highest BCUT2D eigenvalue weighted by atomic mass is 32.2. The fraction of sp³-hybridized carbons (Fsp3) is 0.115. The second-order valence-corrected chi connectivity index (χ2v) is 8.72. The topological polar surface area (TPSA) is 61.1 Å². The number of allylic oxidation sites excluding steroid dienone is 5. The summed E-state index contributed by atoms with van der Waals surface area (Å²) < 4.78 is 61.2. The van der Waals surface area contributed by atoms with Crippen molar-refractivity contribution >= 4 is 15.7 Å². The van der Waals surface area contributed by atoms with Crippen LogP contribution in [0.25, 0.3) is 5.57 Å². The second-order valence-electron chi connectivity index (χ2n) is 7.35. The molecule has 0 spiro atoms. The number of aromatic nitrogens is 1. The van der Waals surface area contributed by atoms with Crippen LogP contribution in [0.5, 0.6) is 0 Å². The van der Waals surface area contributed by atoms with E-state index in [4.69, 9.17) is 13.0 Å². The Morgan fingerprint density at radius 2 is 1.29 bits per heavy atom. The van der Waals surface area contributed by atoms with E-state index in [0.717, 1.165) is 6.42 Å². The highest BCUT2D eigenvalue weighted by Gasteiger charge is 2.36. The average Bonchev–Trinajstić information content (AvgIpc) is 3.07. The summed E-state index contributed by atoms with van der Waals surface area (Å²) >= 11 is 0. The van der Waals surface area contributed by atoms with Gasteiger partial charge in [0.05, 0.1) is 0 Å². The zero-order chi connectivity index (χ0) is 24.6. The van der Waals surface area contributed by atoms with Crippen LogP contribution >= 0.6 is 0 Å². The van der Waals surface area contributed by atoms with Gasteiger partial charge in [0.2, 0.25) is 0 Å². The molecule has 8 heteroatoms. The first kappa shape index (κ1) is 25.1. The molecule has 2 aromatic carbocycles. The van der Waals surface area contributed by atoms with E-state index in [1.54, 1.807) is 0 Å². The monoisotopic (exact) mass is 485 g/mol. The molecule has 4 rings (SSSR count). The largest absolute Gasteiger partial charge is 0.741 e.